The summed E-state index contributed by atoms with van der Waals surface area (Å²) in [4.78, 5) is 55.4. The molecule has 0 unspecified atom stereocenters. The van der Waals surface area contributed by atoms with Crippen LogP contribution in [0.15, 0.2) is 72.8 Å². The molecule has 0 radical (unpaired) electrons. The van der Waals surface area contributed by atoms with E-state index >= 15 is 0 Å². The van der Waals surface area contributed by atoms with Gasteiger partial charge in [0.15, 0.2) is 0 Å². The summed E-state index contributed by atoms with van der Waals surface area (Å²) in [7, 11) is 0. The van der Waals surface area contributed by atoms with Gasteiger partial charge in [0.25, 0.3) is 23.6 Å². The Hall–Kier alpha value is -4.46. The maximum absolute atomic E-state index is 12.9. The van der Waals surface area contributed by atoms with E-state index in [1.807, 2.05) is 9.80 Å². The Kier molecular flexibility index (Phi) is 9.00. The lowest BCUT2D eigenvalue weighted by atomic mass is 9.98. The standard InChI is InChI=1S/C34H38N4O4/c1-23-13-17-37(18-14-23)33(41)27-5-3-7-29(21-27)35-31(39)25-9-11-26(12-10-25)32(40)36-30-8-4-6-28(22-30)34(42)38-19-15-24(2)16-20-38/h3-12,21-24H,13-20H2,1-2H3,(H,35,39)(H,36,40). The average molecular weight is 567 g/mol. The zero-order valence-corrected chi connectivity index (χ0v) is 24.3. The quantitative estimate of drug-likeness (QED) is 0.386. The molecule has 8 nitrogen and oxygen atoms in total. The number of hydrogen-bond acceptors (Lipinski definition) is 4. The second-order valence-corrected chi connectivity index (χ2v) is 11.6. The summed E-state index contributed by atoms with van der Waals surface area (Å²) in [6.07, 6.45) is 4.00. The second kappa shape index (κ2) is 13.0. The van der Waals surface area contributed by atoms with E-state index in [1.165, 1.54) is 0 Å². The molecule has 2 saturated heterocycles. The number of carbonyl (C=O) groups excluding carboxylic acids is 4. The van der Waals surface area contributed by atoms with Crippen molar-refractivity contribution in [3.05, 3.63) is 95.1 Å². The molecule has 4 amide bonds. The fourth-order valence-corrected chi connectivity index (χ4v) is 5.43. The van der Waals surface area contributed by atoms with E-state index < -0.39 is 0 Å². The summed E-state index contributed by atoms with van der Waals surface area (Å²) in [5.74, 6) is 0.544. The Morgan fingerprint density at radius 2 is 0.905 bits per heavy atom. The topological polar surface area (TPSA) is 98.8 Å². The molecule has 5 rings (SSSR count). The highest BCUT2D eigenvalue weighted by Crippen LogP contribution is 2.22. The molecule has 3 aromatic rings. The molecule has 42 heavy (non-hydrogen) atoms. The van der Waals surface area contributed by atoms with Crippen LogP contribution in [0.4, 0.5) is 11.4 Å². The Balaban J connectivity index is 1.18. The molecule has 218 valence electrons. The molecule has 0 saturated carbocycles. The van der Waals surface area contributed by atoms with Crippen molar-refractivity contribution in [2.24, 2.45) is 11.8 Å². The molecule has 0 bridgehead atoms. The van der Waals surface area contributed by atoms with Gasteiger partial charge in [0.05, 0.1) is 0 Å². The van der Waals surface area contributed by atoms with Gasteiger partial charge in [0, 0.05) is 59.8 Å². The Labute approximate surface area is 247 Å². The minimum Gasteiger partial charge on any atom is -0.339 e. The Bertz CT molecular complexity index is 1340. The first-order chi connectivity index (χ1) is 20.3. The number of benzene rings is 3. The van der Waals surface area contributed by atoms with Crippen LogP contribution < -0.4 is 10.6 Å². The van der Waals surface area contributed by atoms with Crippen molar-refractivity contribution in [1.29, 1.82) is 0 Å². The van der Waals surface area contributed by atoms with Gasteiger partial charge in [-0.1, -0.05) is 26.0 Å². The van der Waals surface area contributed by atoms with E-state index in [4.69, 9.17) is 0 Å². The molecule has 2 heterocycles. The highest BCUT2D eigenvalue weighted by Gasteiger charge is 2.23. The van der Waals surface area contributed by atoms with E-state index in [2.05, 4.69) is 24.5 Å². The molecule has 0 aromatic heterocycles. The van der Waals surface area contributed by atoms with E-state index in [0.717, 1.165) is 51.9 Å². The van der Waals surface area contributed by atoms with Gasteiger partial charge in [0.1, 0.15) is 0 Å². The van der Waals surface area contributed by atoms with Crippen molar-refractivity contribution in [1.82, 2.24) is 9.80 Å². The van der Waals surface area contributed by atoms with Gasteiger partial charge in [-0.05, 0) is 98.2 Å². The lowest BCUT2D eigenvalue weighted by molar-refractivity contribution is 0.0689. The smallest absolute Gasteiger partial charge is 0.255 e. The normalized spacial score (nSPS) is 16.1. The van der Waals surface area contributed by atoms with Crippen LogP contribution in [0.5, 0.6) is 0 Å². The number of nitrogens with one attached hydrogen (secondary N) is 2. The molecule has 0 spiro atoms. The minimum atomic E-state index is -0.336. The average Bonchev–Trinajstić information content (AvgIpc) is 3.01. The summed E-state index contributed by atoms with van der Waals surface area (Å²) < 4.78 is 0. The summed E-state index contributed by atoms with van der Waals surface area (Å²) in [5.41, 5.74) is 2.93. The van der Waals surface area contributed by atoms with Crippen LogP contribution >= 0.6 is 0 Å². The molecule has 0 aliphatic carbocycles. The number of amides is 4. The van der Waals surface area contributed by atoms with Crippen molar-refractivity contribution in [2.75, 3.05) is 36.8 Å². The fraction of sp³-hybridized carbons (Fsp3) is 0.353. The second-order valence-electron chi connectivity index (χ2n) is 11.6. The van der Waals surface area contributed by atoms with E-state index in [0.29, 0.717) is 45.5 Å². The van der Waals surface area contributed by atoms with Crippen molar-refractivity contribution in [2.45, 2.75) is 39.5 Å². The van der Waals surface area contributed by atoms with Crippen molar-refractivity contribution >= 4 is 35.0 Å². The maximum atomic E-state index is 12.9. The van der Waals surface area contributed by atoms with Gasteiger partial charge < -0.3 is 20.4 Å². The largest absolute Gasteiger partial charge is 0.339 e. The van der Waals surface area contributed by atoms with Crippen molar-refractivity contribution < 1.29 is 19.2 Å². The zero-order chi connectivity index (χ0) is 29.6. The molecule has 2 aliphatic rings. The van der Waals surface area contributed by atoms with Gasteiger partial charge in [-0.2, -0.15) is 0 Å². The lowest BCUT2D eigenvalue weighted by Crippen LogP contribution is -2.37. The van der Waals surface area contributed by atoms with Crippen LogP contribution in [-0.4, -0.2) is 59.6 Å². The monoisotopic (exact) mass is 566 g/mol. The third-order valence-electron chi connectivity index (χ3n) is 8.29. The predicted octanol–water partition coefficient (Wildman–Crippen LogP) is 5.94. The molecule has 2 fully saturated rings. The number of nitrogens with zero attached hydrogens (tertiary/aromatic N) is 2. The van der Waals surface area contributed by atoms with Crippen LogP contribution in [0.1, 0.15) is 81.0 Å². The zero-order valence-electron chi connectivity index (χ0n) is 24.3. The molecular weight excluding hydrogens is 528 g/mol. The van der Waals surface area contributed by atoms with Gasteiger partial charge in [-0.3, -0.25) is 19.2 Å². The third-order valence-corrected chi connectivity index (χ3v) is 8.29. The highest BCUT2D eigenvalue weighted by atomic mass is 16.2. The summed E-state index contributed by atoms with van der Waals surface area (Å²) in [6.45, 7) is 7.40. The molecule has 2 N–H and O–H groups in total. The van der Waals surface area contributed by atoms with Crippen LogP contribution in [0, 0.1) is 11.8 Å². The molecular formula is C34H38N4O4. The molecule has 8 heteroatoms. The van der Waals surface area contributed by atoms with E-state index in [-0.39, 0.29) is 23.6 Å². The molecule has 3 aromatic carbocycles. The molecule has 2 aliphatic heterocycles. The maximum Gasteiger partial charge on any atom is 0.255 e. The summed E-state index contributed by atoms with van der Waals surface area (Å²) in [5, 5.41) is 5.70. The van der Waals surface area contributed by atoms with Crippen LogP contribution in [0.25, 0.3) is 0 Å². The first kappa shape index (κ1) is 29.0. The highest BCUT2D eigenvalue weighted by molar-refractivity contribution is 6.08. The third kappa shape index (κ3) is 7.05. The molecule has 0 atom stereocenters. The number of hydrogen-bond donors (Lipinski definition) is 2. The number of anilines is 2. The van der Waals surface area contributed by atoms with E-state index in [1.54, 1.807) is 72.8 Å². The van der Waals surface area contributed by atoms with Crippen molar-refractivity contribution in [3.8, 4) is 0 Å². The number of rotatable bonds is 6. The van der Waals surface area contributed by atoms with Crippen LogP contribution in [-0.2, 0) is 0 Å². The van der Waals surface area contributed by atoms with E-state index in [9.17, 15) is 19.2 Å². The predicted molar refractivity (Wildman–Crippen MR) is 164 cm³/mol. The Morgan fingerprint density at radius 1 is 0.548 bits per heavy atom. The minimum absolute atomic E-state index is 0.0237. The number of likely N-dealkylation sites (tertiary alicyclic amines) is 2. The summed E-state index contributed by atoms with van der Waals surface area (Å²) in [6, 6.07) is 20.3. The number of piperidine rings is 2. The van der Waals surface area contributed by atoms with Crippen molar-refractivity contribution in [3.63, 3.8) is 0 Å². The van der Waals surface area contributed by atoms with Crippen LogP contribution in [0.3, 0.4) is 0 Å². The SMILES string of the molecule is CC1CCN(C(=O)c2cccc(NC(=O)c3ccc(C(=O)Nc4cccc(C(=O)N5CCC(C)CC5)c4)cc3)c2)CC1. The van der Waals surface area contributed by atoms with Gasteiger partial charge in [-0.15, -0.1) is 0 Å². The first-order valence-corrected chi connectivity index (χ1v) is 14.8. The lowest BCUT2D eigenvalue weighted by Gasteiger charge is -2.30. The van der Waals surface area contributed by atoms with Gasteiger partial charge >= 0.3 is 0 Å². The number of carbonyl (C=O) groups is 4. The van der Waals surface area contributed by atoms with Gasteiger partial charge in [0.2, 0.25) is 0 Å². The fourth-order valence-electron chi connectivity index (χ4n) is 5.43. The first-order valence-electron chi connectivity index (χ1n) is 14.8. The van der Waals surface area contributed by atoms with Gasteiger partial charge in [-0.25, -0.2) is 0 Å². The van der Waals surface area contributed by atoms with Crippen LogP contribution in [0.2, 0.25) is 0 Å². The summed E-state index contributed by atoms with van der Waals surface area (Å²) >= 11 is 0. The Morgan fingerprint density at radius 3 is 1.26 bits per heavy atom.